The Morgan fingerprint density at radius 3 is 2.82 bits per heavy atom. The third-order valence-corrected chi connectivity index (χ3v) is 4.99. The minimum absolute atomic E-state index is 1.06. The first-order valence-electron chi connectivity index (χ1n) is 5.80. The highest BCUT2D eigenvalue weighted by molar-refractivity contribution is 7.20. The number of anilines is 1. The predicted octanol–water partition coefficient (Wildman–Crippen LogP) is 2.59. The lowest BCUT2D eigenvalue weighted by Gasteiger charge is -2.27. The van der Waals surface area contributed by atoms with E-state index in [4.69, 9.17) is 4.98 Å². The lowest BCUT2D eigenvalue weighted by molar-refractivity contribution is 0.586. The fraction of sp³-hybridized carbons (Fsp3) is 0.417. The summed E-state index contributed by atoms with van der Waals surface area (Å²) in [5.41, 5.74) is 1.33. The first kappa shape index (κ1) is 11.2. The minimum Gasteiger partial charge on any atom is -0.353 e. The number of nitrogens with one attached hydrogen (secondary N) is 1. The second kappa shape index (κ2) is 4.76. The molecule has 1 aliphatic rings. The number of rotatable bonds is 2. The average Bonchev–Trinajstić information content (AvgIpc) is 2.98. The van der Waals surface area contributed by atoms with Gasteiger partial charge in [-0.3, -0.25) is 0 Å². The van der Waals surface area contributed by atoms with Crippen LogP contribution in [0.3, 0.4) is 0 Å². The fourth-order valence-corrected chi connectivity index (χ4v) is 3.93. The monoisotopic (exact) mass is 265 g/mol. The van der Waals surface area contributed by atoms with Crippen LogP contribution in [0, 0.1) is 6.92 Å². The van der Waals surface area contributed by atoms with Crippen molar-refractivity contribution in [2.75, 3.05) is 31.1 Å². The van der Waals surface area contributed by atoms with Crippen LogP contribution in [-0.2, 0) is 0 Å². The fourth-order valence-electron chi connectivity index (χ4n) is 2.00. The summed E-state index contributed by atoms with van der Waals surface area (Å²) < 4.78 is 0. The summed E-state index contributed by atoms with van der Waals surface area (Å²) in [5, 5.41) is 8.84. The molecule has 0 bridgehead atoms. The molecule has 0 spiro atoms. The van der Waals surface area contributed by atoms with Gasteiger partial charge >= 0.3 is 0 Å². The van der Waals surface area contributed by atoms with Crippen molar-refractivity contribution in [3.63, 3.8) is 0 Å². The molecular formula is C12H15N3S2. The number of piperazine rings is 1. The molecule has 1 aliphatic heterocycles. The maximum Gasteiger partial charge on any atom is 0.140 e. The zero-order chi connectivity index (χ0) is 11.7. The molecular weight excluding hydrogens is 250 g/mol. The van der Waals surface area contributed by atoms with Gasteiger partial charge in [0.1, 0.15) is 10.8 Å². The van der Waals surface area contributed by atoms with E-state index in [9.17, 15) is 0 Å². The van der Waals surface area contributed by atoms with Gasteiger partial charge in [-0.15, -0.1) is 22.7 Å². The van der Waals surface area contributed by atoms with E-state index in [1.165, 1.54) is 10.4 Å². The highest BCUT2D eigenvalue weighted by atomic mass is 32.1. The Morgan fingerprint density at radius 2 is 2.12 bits per heavy atom. The Bertz CT molecular complexity index is 497. The van der Waals surface area contributed by atoms with Crippen LogP contribution in [0.5, 0.6) is 0 Å². The molecule has 5 heteroatoms. The number of hydrogen-bond donors (Lipinski definition) is 1. The molecule has 17 heavy (non-hydrogen) atoms. The Hall–Kier alpha value is -0.910. The van der Waals surface area contributed by atoms with E-state index in [0.29, 0.717) is 0 Å². The lowest BCUT2D eigenvalue weighted by Crippen LogP contribution is -2.43. The van der Waals surface area contributed by atoms with Gasteiger partial charge in [0, 0.05) is 31.6 Å². The smallest absolute Gasteiger partial charge is 0.140 e. The molecule has 0 atom stereocenters. The van der Waals surface area contributed by atoms with Gasteiger partial charge in [-0.25, -0.2) is 4.98 Å². The normalized spacial score (nSPS) is 16.4. The molecule has 1 fully saturated rings. The SMILES string of the molecule is Cc1ccsc1-c1nc(N2CCNCC2)cs1. The van der Waals surface area contributed by atoms with Crippen molar-refractivity contribution >= 4 is 28.5 Å². The van der Waals surface area contributed by atoms with E-state index in [2.05, 4.69) is 34.0 Å². The van der Waals surface area contributed by atoms with Crippen molar-refractivity contribution < 1.29 is 0 Å². The number of nitrogens with zero attached hydrogens (tertiary/aromatic N) is 2. The highest BCUT2D eigenvalue weighted by Crippen LogP contribution is 2.33. The van der Waals surface area contributed by atoms with E-state index in [1.807, 2.05) is 0 Å². The summed E-state index contributed by atoms with van der Waals surface area (Å²) in [6.07, 6.45) is 0. The minimum atomic E-state index is 1.06. The number of thiazole rings is 1. The van der Waals surface area contributed by atoms with E-state index < -0.39 is 0 Å². The molecule has 1 saturated heterocycles. The second-order valence-corrected chi connectivity index (χ2v) is 5.95. The van der Waals surface area contributed by atoms with Crippen LogP contribution in [0.2, 0.25) is 0 Å². The average molecular weight is 265 g/mol. The van der Waals surface area contributed by atoms with Crippen molar-refractivity contribution in [2.24, 2.45) is 0 Å². The van der Waals surface area contributed by atoms with Crippen LogP contribution in [-0.4, -0.2) is 31.2 Å². The molecule has 0 amide bonds. The van der Waals surface area contributed by atoms with Crippen molar-refractivity contribution in [2.45, 2.75) is 6.92 Å². The van der Waals surface area contributed by atoms with Crippen molar-refractivity contribution in [1.29, 1.82) is 0 Å². The zero-order valence-electron chi connectivity index (χ0n) is 9.77. The van der Waals surface area contributed by atoms with Gasteiger partial charge in [0.2, 0.25) is 0 Å². The summed E-state index contributed by atoms with van der Waals surface area (Å²) >= 11 is 3.53. The molecule has 0 saturated carbocycles. The molecule has 0 aromatic carbocycles. The molecule has 0 unspecified atom stereocenters. The van der Waals surface area contributed by atoms with Gasteiger partial charge in [0.15, 0.2) is 0 Å². The summed E-state index contributed by atoms with van der Waals surface area (Å²) in [4.78, 5) is 8.44. The molecule has 2 aromatic heterocycles. The van der Waals surface area contributed by atoms with Gasteiger partial charge in [0.05, 0.1) is 4.88 Å². The summed E-state index contributed by atoms with van der Waals surface area (Å²) in [7, 11) is 0. The van der Waals surface area contributed by atoms with Gasteiger partial charge < -0.3 is 10.2 Å². The Balaban J connectivity index is 1.85. The Kier molecular flexibility index (Phi) is 3.13. The number of hydrogen-bond acceptors (Lipinski definition) is 5. The van der Waals surface area contributed by atoms with Crippen molar-refractivity contribution in [3.8, 4) is 9.88 Å². The van der Waals surface area contributed by atoms with Crippen LogP contribution < -0.4 is 10.2 Å². The van der Waals surface area contributed by atoms with Gasteiger partial charge in [0.25, 0.3) is 0 Å². The molecule has 2 aromatic rings. The molecule has 0 radical (unpaired) electrons. The molecule has 1 N–H and O–H groups in total. The van der Waals surface area contributed by atoms with Crippen LogP contribution in [0.1, 0.15) is 5.56 Å². The summed E-state index contributed by atoms with van der Waals surface area (Å²) in [5.74, 6) is 1.14. The molecule has 3 rings (SSSR count). The maximum absolute atomic E-state index is 4.76. The van der Waals surface area contributed by atoms with Gasteiger partial charge in [-0.05, 0) is 23.9 Å². The zero-order valence-corrected chi connectivity index (χ0v) is 11.4. The first-order valence-corrected chi connectivity index (χ1v) is 7.56. The van der Waals surface area contributed by atoms with Crippen LogP contribution in [0.4, 0.5) is 5.82 Å². The van der Waals surface area contributed by atoms with Crippen molar-refractivity contribution in [3.05, 3.63) is 22.4 Å². The van der Waals surface area contributed by atoms with Crippen molar-refractivity contribution in [1.82, 2.24) is 10.3 Å². The number of aromatic nitrogens is 1. The number of aryl methyl sites for hydroxylation is 1. The quantitative estimate of drug-likeness (QED) is 0.904. The van der Waals surface area contributed by atoms with E-state index in [-0.39, 0.29) is 0 Å². The Morgan fingerprint density at radius 1 is 1.29 bits per heavy atom. The topological polar surface area (TPSA) is 28.2 Å². The first-order chi connectivity index (χ1) is 8.34. The predicted molar refractivity (Wildman–Crippen MR) is 75.2 cm³/mol. The molecule has 3 nitrogen and oxygen atoms in total. The third kappa shape index (κ3) is 2.22. The molecule has 90 valence electrons. The standard InChI is InChI=1S/C12H15N3S2/c1-9-2-7-16-11(9)12-14-10(8-17-12)15-5-3-13-4-6-15/h2,7-8,13H,3-6H2,1H3. The second-order valence-electron chi connectivity index (χ2n) is 4.18. The Labute approximate surface area is 109 Å². The van der Waals surface area contributed by atoms with Crippen LogP contribution in [0.25, 0.3) is 9.88 Å². The maximum atomic E-state index is 4.76. The van der Waals surface area contributed by atoms with Gasteiger partial charge in [-0.1, -0.05) is 0 Å². The molecule has 3 heterocycles. The van der Waals surface area contributed by atoms with Gasteiger partial charge in [-0.2, -0.15) is 0 Å². The summed E-state index contributed by atoms with van der Waals surface area (Å²) in [6.45, 7) is 6.40. The van der Waals surface area contributed by atoms with E-state index >= 15 is 0 Å². The molecule has 0 aliphatic carbocycles. The van der Waals surface area contributed by atoms with E-state index in [1.54, 1.807) is 22.7 Å². The largest absolute Gasteiger partial charge is 0.353 e. The van der Waals surface area contributed by atoms with Crippen LogP contribution >= 0.6 is 22.7 Å². The number of thiophene rings is 1. The highest BCUT2D eigenvalue weighted by Gasteiger charge is 2.15. The van der Waals surface area contributed by atoms with E-state index in [0.717, 1.165) is 37.0 Å². The lowest BCUT2D eigenvalue weighted by atomic mass is 10.3. The summed E-state index contributed by atoms with van der Waals surface area (Å²) in [6, 6.07) is 2.16. The third-order valence-electron chi connectivity index (χ3n) is 2.99. The van der Waals surface area contributed by atoms with Crippen LogP contribution in [0.15, 0.2) is 16.8 Å².